The summed E-state index contributed by atoms with van der Waals surface area (Å²) in [5.74, 6) is 0.815. The highest BCUT2D eigenvalue weighted by Gasteiger charge is 2.40. The molecule has 0 bridgehead atoms. The molecule has 3 heteroatoms. The van der Waals surface area contributed by atoms with Crippen LogP contribution in [0, 0.1) is 5.92 Å². The van der Waals surface area contributed by atoms with Crippen molar-refractivity contribution >= 4 is 11.6 Å². The molecule has 2 aliphatic rings. The van der Waals surface area contributed by atoms with Crippen molar-refractivity contribution in [3.63, 3.8) is 0 Å². The second-order valence-electron chi connectivity index (χ2n) is 6.72. The van der Waals surface area contributed by atoms with Crippen molar-refractivity contribution in [3.8, 4) is 0 Å². The third-order valence-corrected chi connectivity index (χ3v) is 5.46. The van der Waals surface area contributed by atoms with Crippen molar-refractivity contribution in [1.82, 2.24) is 10.2 Å². The third-order valence-electron chi connectivity index (χ3n) is 5.21. The van der Waals surface area contributed by atoms with Gasteiger partial charge < -0.3 is 10.2 Å². The zero-order valence-corrected chi connectivity index (χ0v) is 13.3. The molecule has 0 saturated heterocycles. The lowest BCUT2D eigenvalue weighted by molar-refractivity contribution is 0.0562. The first-order valence-corrected chi connectivity index (χ1v) is 8.15. The van der Waals surface area contributed by atoms with Gasteiger partial charge in [0, 0.05) is 23.1 Å². The molecular weight excluding hydrogens is 268 g/mol. The second kappa shape index (κ2) is 5.67. The first-order valence-electron chi connectivity index (χ1n) is 7.77. The molecule has 3 rings (SSSR count). The predicted molar refractivity (Wildman–Crippen MR) is 85.2 cm³/mol. The van der Waals surface area contributed by atoms with Gasteiger partial charge in [0.2, 0.25) is 0 Å². The molecule has 0 aliphatic heterocycles. The summed E-state index contributed by atoms with van der Waals surface area (Å²) in [7, 11) is 4.44. The van der Waals surface area contributed by atoms with Crippen LogP contribution in [-0.2, 0) is 0 Å². The number of likely N-dealkylation sites (N-methyl/N-ethyl adjacent to an activating group) is 1. The fraction of sp³-hybridized carbons (Fsp3) is 0.647. The Balaban J connectivity index is 1.67. The molecule has 1 N–H and O–H groups in total. The number of hydrogen-bond acceptors (Lipinski definition) is 2. The number of halogens is 1. The molecule has 0 radical (unpaired) electrons. The van der Waals surface area contributed by atoms with Crippen LogP contribution in [0.3, 0.4) is 0 Å². The number of rotatable bonds is 6. The number of nitrogens with one attached hydrogen (secondary N) is 1. The van der Waals surface area contributed by atoms with Crippen LogP contribution in [0.1, 0.15) is 43.7 Å². The molecule has 20 heavy (non-hydrogen) atoms. The minimum Gasteiger partial charge on any atom is -0.308 e. The van der Waals surface area contributed by atoms with Crippen LogP contribution in [0.2, 0.25) is 5.02 Å². The summed E-state index contributed by atoms with van der Waals surface area (Å²) < 4.78 is 0. The van der Waals surface area contributed by atoms with E-state index in [-0.39, 0.29) is 0 Å². The Bertz CT molecular complexity index is 447. The van der Waals surface area contributed by atoms with Crippen molar-refractivity contribution in [2.75, 3.05) is 20.6 Å². The maximum atomic E-state index is 6.01. The summed E-state index contributed by atoms with van der Waals surface area (Å²) >= 11 is 6.01. The molecule has 0 heterocycles. The van der Waals surface area contributed by atoms with E-state index in [0.717, 1.165) is 17.5 Å². The van der Waals surface area contributed by atoms with E-state index < -0.39 is 0 Å². The van der Waals surface area contributed by atoms with E-state index in [0.29, 0.717) is 11.6 Å². The van der Waals surface area contributed by atoms with E-state index >= 15 is 0 Å². The van der Waals surface area contributed by atoms with Crippen molar-refractivity contribution < 1.29 is 0 Å². The summed E-state index contributed by atoms with van der Waals surface area (Å²) in [5.41, 5.74) is 1.78. The lowest BCUT2D eigenvalue weighted by Gasteiger charge is -2.48. The minimum atomic E-state index is 0.388. The molecular formula is C17H25ClN2. The standard InChI is InChI=1S/C17H25ClN2/c1-20(2)17(10-3-11-17)12-19-16(13-4-5-13)14-6-8-15(18)9-7-14/h6-9,13,16,19H,3-5,10-12H2,1-2H3. The maximum absolute atomic E-state index is 6.01. The van der Waals surface area contributed by atoms with Gasteiger partial charge in [-0.1, -0.05) is 23.7 Å². The molecule has 0 aromatic heterocycles. The first-order chi connectivity index (χ1) is 9.61. The number of hydrogen-bond donors (Lipinski definition) is 1. The molecule has 2 nitrogen and oxygen atoms in total. The van der Waals surface area contributed by atoms with Gasteiger partial charge in [-0.15, -0.1) is 0 Å². The lowest BCUT2D eigenvalue weighted by atomic mass is 9.75. The summed E-state index contributed by atoms with van der Waals surface area (Å²) in [4.78, 5) is 2.41. The zero-order valence-electron chi connectivity index (χ0n) is 12.5. The average molecular weight is 293 g/mol. The Kier molecular flexibility index (Phi) is 4.07. The van der Waals surface area contributed by atoms with Crippen molar-refractivity contribution in [3.05, 3.63) is 34.9 Å². The Labute approximate surface area is 127 Å². The van der Waals surface area contributed by atoms with Gasteiger partial charge in [-0.25, -0.2) is 0 Å². The van der Waals surface area contributed by atoms with E-state index in [4.69, 9.17) is 11.6 Å². The van der Waals surface area contributed by atoms with Crippen molar-refractivity contribution in [2.45, 2.75) is 43.7 Å². The monoisotopic (exact) mass is 292 g/mol. The van der Waals surface area contributed by atoms with Crippen LogP contribution in [0.25, 0.3) is 0 Å². The second-order valence-corrected chi connectivity index (χ2v) is 7.16. The largest absolute Gasteiger partial charge is 0.308 e. The Morgan fingerprint density at radius 2 is 1.90 bits per heavy atom. The highest BCUT2D eigenvalue weighted by atomic mass is 35.5. The normalized spacial score (nSPS) is 22.6. The van der Waals surface area contributed by atoms with Gasteiger partial charge in [-0.05, 0) is 69.8 Å². The summed E-state index contributed by atoms with van der Waals surface area (Å²) in [6.07, 6.45) is 6.73. The van der Waals surface area contributed by atoms with Crippen LogP contribution < -0.4 is 5.32 Å². The van der Waals surface area contributed by atoms with Gasteiger partial charge in [-0.3, -0.25) is 0 Å². The van der Waals surface area contributed by atoms with Gasteiger partial charge >= 0.3 is 0 Å². The lowest BCUT2D eigenvalue weighted by Crippen LogP contribution is -2.56. The van der Waals surface area contributed by atoms with Gasteiger partial charge in [0.1, 0.15) is 0 Å². The highest BCUT2D eigenvalue weighted by molar-refractivity contribution is 6.30. The van der Waals surface area contributed by atoms with E-state index in [1.165, 1.54) is 37.7 Å². The van der Waals surface area contributed by atoms with Gasteiger partial charge in [0.05, 0.1) is 0 Å². The van der Waals surface area contributed by atoms with Crippen LogP contribution in [0.4, 0.5) is 0 Å². The van der Waals surface area contributed by atoms with E-state index in [1.54, 1.807) is 0 Å². The van der Waals surface area contributed by atoms with Crippen molar-refractivity contribution in [1.29, 1.82) is 0 Å². The average Bonchev–Trinajstić information content (AvgIpc) is 3.18. The third kappa shape index (κ3) is 2.88. The van der Waals surface area contributed by atoms with Gasteiger partial charge in [0.25, 0.3) is 0 Å². The fourth-order valence-electron chi connectivity index (χ4n) is 3.32. The maximum Gasteiger partial charge on any atom is 0.0406 e. The highest BCUT2D eigenvalue weighted by Crippen LogP contribution is 2.42. The topological polar surface area (TPSA) is 15.3 Å². The Morgan fingerprint density at radius 1 is 1.25 bits per heavy atom. The Morgan fingerprint density at radius 3 is 2.35 bits per heavy atom. The summed E-state index contributed by atoms with van der Waals surface area (Å²) in [6, 6.07) is 8.89. The van der Waals surface area contributed by atoms with Crippen LogP contribution in [0.5, 0.6) is 0 Å². The van der Waals surface area contributed by atoms with Crippen LogP contribution >= 0.6 is 11.6 Å². The molecule has 1 atom stereocenters. The van der Waals surface area contributed by atoms with Crippen LogP contribution in [-0.4, -0.2) is 31.1 Å². The fourth-order valence-corrected chi connectivity index (χ4v) is 3.45. The molecule has 1 aromatic carbocycles. The minimum absolute atomic E-state index is 0.388. The summed E-state index contributed by atoms with van der Waals surface area (Å²) in [5, 5.41) is 4.68. The summed E-state index contributed by atoms with van der Waals surface area (Å²) in [6.45, 7) is 1.10. The van der Waals surface area contributed by atoms with E-state index in [1.807, 2.05) is 12.1 Å². The SMILES string of the molecule is CN(C)C1(CNC(c2ccc(Cl)cc2)C2CC2)CCC1. The van der Waals surface area contributed by atoms with E-state index in [9.17, 15) is 0 Å². The molecule has 0 spiro atoms. The predicted octanol–water partition coefficient (Wildman–Crippen LogP) is 3.87. The molecule has 0 amide bonds. The number of nitrogens with zero attached hydrogens (tertiary/aromatic N) is 1. The Hall–Kier alpha value is -0.570. The smallest absolute Gasteiger partial charge is 0.0406 e. The number of benzene rings is 1. The van der Waals surface area contributed by atoms with Gasteiger partial charge in [-0.2, -0.15) is 0 Å². The first kappa shape index (κ1) is 14.4. The van der Waals surface area contributed by atoms with E-state index in [2.05, 4.69) is 36.4 Å². The van der Waals surface area contributed by atoms with Crippen LogP contribution in [0.15, 0.2) is 24.3 Å². The van der Waals surface area contributed by atoms with Gasteiger partial charge in [0.15, 0.2) is 0 Å². The molecule has 2 fully saturated rings. The quantitative estimate of drug-likeness (QED) is 0.856. The molecule has 1 aromatic rings. The molecule has 2 saturated carbocycles. The molecule has 1 unspecified atom stereocenters. The molecule has 110 valence electrons. The zero-order chi connectivity index (χ0) is 14.2. The van der Waals surface area contributed by atoms with Crippen molar-refractivity contribution in [2.24, 2.45) is 5.92 Å². The molecule has 2 aliphatic carbocycles.